The number of hydrogen-bond acceptors (Lipinski definition) is 3. The maximum atomic E-state index is 12.1. The summed E-state index contributed by atoms with van der Waals surface area (Å²) < 4.78 is 6.84. The maximum Gasteiger partial charge on any atom is 0.357 e. The predicted molar refractivity (Wildman–Crippen MR) is 73.8 cm³/mol. The summed E-state index contributed by atoms with van der Waals surface area (Å²) in [5, 5.41) is 0. The van der Waals surface area contributed by atoms with Gasteiger partial charge in [-0.3, -0.25) is 0 Å². The van der Waals surface area contributed by atoms with Crippen LogP contribution < -0.4 is 0 Å². The van der Waals surface area contributed by atoms with Crippen molar-refractivity contribution in [2.45, 2.75) is 13.5 Å². The van der Waals surface area contributed by atoms with Crippen LogP contribution in [0.15, 0.2) is 49.3 Å². The number of carbonyl (C=O) groups excluding carboxylic acids is 1. The van der Waals surface area contributed by atoms with Crippen LogP contribution in [0.3, 0.4) is 0 Å². The third kappa shape index (κ3) is 2.73. The lowest BCUT2D eigenvalue weighted by molar-refractivity contribution is 0.0515. The topological polar surface area (TPSA) is 44.1 Å². The predicted octanol–water partition coefficient (Wildman–Crippen LogP) is 2.91. The number of nitrogens with zero attached hydrogens (tertiary/aromatic N) is 2. The van der Waals surface area contributed by atoms with E-state index in [1.54, 1.807) is 23.9 Å². The van der Waals surface area contributed by atoms with Gasteiger partial charge in [0.05, 0.1) is 12.9 Å². The number of imidazole rings is 1. The Morgan fingerprint density at radius 1 is 1.42 bits per heavy atom. The van der Waals surface area contributed by atoms with Crippen molar-refractivity contribution in [3.05, 3.63) is 55.0 Å². The number of hydrogen-bond donors (Lipinski definition) is 0. The van der Waals surface area contributed by atoms with Gasteiger partial charge in [-0.1, -0.05) is 36.4 Å². The van der Waals surface area contributed by atoms with E-state index < -0.39 is 0 Å². The number of ether oxygens (including phenoxy) is 1. The highest BCUT2D eigenvalue weighted by Crippen LogP contribution is 2.22. The molecule has 0 aliphatic carbocycles. The summed E-state index contributed by atoms with van der Waals surface area (Å²) in [6.45, 7) is 6.33. The monoisotopic (exact) mass is 256 g/mol. The lowest BCUT2D eigenvalue weighted by atomic mass is 10.1. The fourth-order valence-corrected chi connectivity index (χ4v) is 1.88. The third-order valence-corrected chi connectivity index (χ3v) is 2.68. The fraction of sp³-hybridized carbons (Fsp3) is 0.200. The first-order chi connectivity index (χ1) is 9.27. The van der Waals surface area contributed by atoms with Crippen LogP contribution in [0.1, 0.15) is 17.4 Å². The Balaban J connectivity index is 2.49. The van der Waals surface area contributed by atoms with Crippen molar-refractivity contribution < 1.29 is 9.53 Å². The van der Waals surface area contributed by atoms with Gasteiger partial charge in [0.2, 0.25) is 0 Å². The molecule has 1 aromatic carbocycles. The van der Waals surface area contributed by atoms with E-state index in [-0.39, 0.29) is 5.97 Å². The zero-order chi connectivity index (χ0) is 13.7. The first-order valence-corrected chi connectivity index (χ1v) is 6.16. The van der Waals surface area contributed by atoms with Crippen LogP contribution in [0.2, 0.25) is 0 Å². The van der Waals surface area contributed by atoms with Crippen LogP contribution in [-0.2, 0) is 11.3 Å². The molecule has 1 aromatic heterocycles. The summed E-state index contributed by atoms with van der Waals surface area (Å²) in [7, 11) is 0. The molecule has 0 radical (unpaired) electrons. The Kier molecular flexibility index (Phi) is 4.13. The summed E-state index contributed by atoms with van der Waals surface area (Å²) in [6.07, 6.45) is 3.36. The van der Waals surface area contributed by atoms with Gasteiger partial charge in [-0.25, -0.2) is 9.78 Å². The summed E-state index contributed by atoms with van der Waals surface area (Å²) in [4.78, 5) is 16.4. The molecule has 4 heteroatoms. The van der Waals surface area contributed by atoms with Crippen LogP contribution >= 0.6 is 0 Å². The molecule has 2 aromatic rings. The van der Waals surface area contributed by atoms with Crippen LogP contribution in [0.25, 0.3) is 11.3 Å². The van der Waals surface area contributed by atoms with E-state index in [1.165, 1.54) is 0 Å². The van der Waals surface area contributed by atoms with Gasteiger partial charge in [-0.2, -0.15) is 0 Å². The van der Waals surface area contributed by atoms with Gasteiger partial charge in [-0.05, 0) is 6.92 Å². The van der Waals surface area contributed by atoms with Crippen LogP contribution in [0.4, 0.5) is 0 Å². The molecule has 0 saturated carbocycles. The Labute approximate surface area is 112 Å². The average Bonchev–Trinajstić information content (AvgIpc) is 2.84. The summed E-state index contributed by atoms with van der Waals surface area (Å²) >= 11 is 0. The van der Waals surface area contributed by atoms with E-state index in [0.29, 0.717) is 24.5 Å². The summed E-state index contributed by atoms with van der Waals surface area (Å²) in [5.41, 5.74) is 2.00. The number of allylic oxidation sites excluding steroid dienone is 1. The zero-order valence-electron chi connectivity index (χ0n) is 10.9. The van der Waals surface area contributed by atoms with Gasteiger partial charge in [0, 0.05) is 12.1 Å². The van der Waals surface area contributed by atoms with E-state index in [4.69, 9.17) is 4.74 Å². The van der Waals surface area contributed by atoms with Crippen molar-refractivity contribution in [2.24, 2.45) is 0 Å². The molecule has 0 unspecified atom stereocenters. The van der Waals surface area contributed by atoms with Crippen molar-refractivity contribution >= 4 is 5.97 Å². The van der Waals surface area contributed by atoms with Gasteiger partial charge >= 0.3 is 5.97 Å². The average molecular weight is 256 g/mol. The minimum Gasteiger partial charge on any atom is -0.461 e. The largest absolute Gasteiger partial charge is 0.461 e. The van der Waals surface area contributed by atoms with Gasteiger partial charge in [0.1, 0.15) is 5.69 Å². The molecule has 0 aliphatic rings. The highest BCUT2D eigenvalue weighted by Gasteiger charge is 2.20. The van der Waals surface area contributed by atoms with E-state index in [2.05, 4.69) is 11.6 Å². The molecule has 1 heterocycles. The first-order valence-electron chi connectivity index (χ1n) is 6.16. The molecule has 0 spiro atoms. The number of carbonyl (C=O) groups is 1. The molecule has 0 fully saturated rings. The Hall–Kier alpha value is -2.36. The van der Waals surface area contributed by atoms with E-state index in [9.17, 15) is 4.79 Å². The van der Waals surface area contributed by atoms with Gasteiger partial charge in [-0.15, -0.1) is 6.58 Å². The van der Waals surface area contributed by atoms with Gasteiger partial charge in [0.25, 0.3) is 0 Å². The first kappa shape index (κ1) is 13.1. The molecule has 98 valence electrons. The lowest BCUT2D eigenvalue weighted by Crippen LogP contribution is -2.12. The quantitative estimate of drug-likeness (QED) is 0.610. The molecule has 0 aliphatic heterocycles. The SMILES string of the molecule is C=CCn1cnc(-c2ccccc2)c1C(=O)OCC. The van der Waals surface area contributed by atoms with Crippen molar-refractivity contribution in [3.8, 4) is 11.3 Å². The maximum absolute atomic E-state index is 12.1. The second-order valence-corrected chi connectivity index (χ2v) is 3.97. The molecule has 0 bridgehead atoms. The van der Waals surface area contributed by atoms with Gasteiger partial charge in [0.15, 0.2) is 5.69 Å². The molecule has 0 atom stereocenters. The second kappa shape index (κ2) is 6.00. The zero-order valence-corrected chi connectivity index (χ0v) is 10.9. The van der Waals surface area contributed by atoms with Crippen LogP contribution in [-0.4, -0.2) is 22.1 Å². The van der Waals surface area contributed by atoms with E-state index >= 15 is 0 Å². The molecule has 0 N–H and O–H groups in total. The minimum absolute atomic E-state index is 0.340. The fourth-order valence-electron chi connectivity index (χ4n) is 1.88. The minimum atomic E-state index is -0.360. The molecular formula is C15H16N2O2. The Morgan fingerprint density at radius 3 is 2.79 bits per heavy atom. The molecule has 19 heavy (non-hydrogen) atoms. The number of rotatable bonds is 5. The number of esters is 1. The lowest BCUT2D eigenvalue weighted by Gasteiger charge is -2.07. The van der Waals surface area contributed by atoms with E-state index in [0.717, 1.165) is 5.56 Å². The highest BCUT2D eigenvalue weighted by atomic mass is 16.5. The molecule has 2 rings (SSSR count). The number of benzene rings is 1. The molecule has 0 saturated heterocycles. The van der Waals surface area contributed by atoms with Gasteiger partial charge < -0.3 is 9.30 Å². The summed E-state index contributed by atoms with van der Waals surface area (Å²) in [6, 6.07) is 9.59. The van der Waals surface area contributed by atoms with Crippen molar-refractivity contribution in [1.82, 2.24) is 9.55 Å². The standard InChI is InChI=1S/C15H16N2O2/c1-3-10-17-11-16-13(12-8-6-5-7-9-12)14(17)15(18)19-4-2/h3,5-9,11H,1,4,10H2,2H3. The second-order valence-electron chi connectivity index (χ2n) is 3.97. The third-order valence-electron chi connectivity index (χ3n) is 2.68. The molecule has 4 nitrogen and oxygen atoms in total. The number of aromatic nitrogens is 2. The smallest absolute Gasteiger partial charge is 0.357 e. The van der Waals surface area contributed by atoms with Crippen LogP contribution in [0.5, 0.6) is 0 Å². The highest BCUT2D eigenvalue weighted by molar-refractivity contribution is 5.94. The van der Waals surface area contributed by atoms with Crippen molar-refractivity contribution in [1.29, 1.82) is 0 Å². The normalized spacial score (nSPS) is 10.2. The summed E-state index contributed by atoms with van der Waals surface area (Å²) in [5.74, 6) is -0.360. The molecular weight excluding hydrogens is 240 g/mol. The molecule has 0 amide bonds. The van der Waals surface area contributed by atoms with Crippen molar-refractivity contribution in [3.63, 3.8) is 0 Å². The van der Waals surface area contributed by atoms with Crippen LogP contribution in [0, 0.1) is 0 Å². The Morgan fingerprint density at radius 2 is 2.16 bits per heavy atom. The van der Waals surface area contributed by atoms with E-state index in [1.807, 2.05) is 30.3 Å². The Bertz CT molecular complexity index is 573. The van der Waals surface area contributed by atoms with Crippen molar-refractivity contribution in [2.75, 3.05) is 6.61 Å².